The lowest BCUT2D eigenvalue weighted by Crippen LogP contribution is -2.07. The fourth-order valence-electron chi connectivity index (χ4n) is 3.05. The number of nitrogens with one attached hydrogen (secondary N) is 2. The number of aromatic amines is 1. The number of rotatable bonds is 3. The molecule has 0 atom stereocenters. The van der Waals surface area contributed by atoms with Gasteiger partial charge in [0, 0.05) is 40.6 Å². The summed E-state index contributed by atoms with van der Waals surface area (Å²) in [5.41, 5.74) is 4.50. The quantitative estimate of drug-likeness (QED) is 0.550. The average molecular weight is 303 g/mol. The molecule has 0 aliphatic heterocycles. The molecule has 4 rings (SSSR count). The highest BCUT2D eigenvalue weighted by atomic mass is 16.5. The lowest BCUT2D eigenvalue weighted by Gasteiger charge is -2.07. The monoisotopic (exact) mass is 303 g/mol. The Morgan fingerprint density at radius 3 is 2.74 bits per heavy atom. The number of benzene rings is 2. The lowest BCUT2D eigenvalue weighted by atomic mass is 10.1. The van der Waals surface area contributed by atoms with Crippen LogP contribution in [0, 0.1) is 5.41 Å². The third-order valence-corrected chi connectivity index (χ3v) is 4.35. The van der Waals surface area contributed by atoms with Crippen LogP contribution in [0.1, 0.15) is 11.3 Å². The maximum atomic E-state index is 8.61. The molecule has 23 heavy (non-hydrogen) atoms. The first kappa shape index (κ1) is 13.6. The molecule has 114 valence electrons. The van der Waals surface area contributed by atoms with Gasteiger partial charge >= 0.3 is 0 Å². The van der Waals surface area contributed by atoms with Gasteiger partial charge in [-0.2, -0.15) is 0 Å². The van der Waals surface area contributed by atoms with E-state index in [1.165, 1.54) is 0 Å². The molecule has 0 spiro atoms. The van der Waals surface area contributed by atoms with Gasteiger partial charge in [0.2, 0.25) is 0 Å². The first-order valence-electron chi connectivity index (χ1n) is 7.47. The minimum absolute atomic E-state index is 0.519. The molecule has 0 bridgehead atoms. The average Bonchev–Trinajstić information content (AvgIpc) is 3.17. The largest absolute Gasteiger partial charge is 0.497 e. The molecule has 0 aliphatic rings. The summed E-state index contributed by atoms with van der Waals surface area (Å²) in [7, 11) is 3.66. The first-order chi connectivity index (χ1) is 11.2. The van der Waals surface area contributed by atoms with E-state index in [9.17, 15) is 0 Å². The minimum atomic E-state index is 0.519. The molecule has 0 radical (unpaired) electrons. The van der Waals surface area contributed by atoms with Gasteiger partial charge in [-0.05, 0) is 42.5 Å². The zero-order chi connectivity index (χ0) is 16.0. The van der Waals surface area contributed by atoms with E-state index in [-0.39, 0.29) is 0 Å². The fourth-order valence-corrected chi connectivity index (χ4v) is 3.05. The smallest absolute Gasteiger partial charge is 0.119 e. The van der Waals surface area contributed by atoms with Crippen LogP contribution in [0.3, 0.4) is 0 Å². The van der Waals surface area contributed by atoms with Crippen molar-refractivity contribution in [3.8, 4) is 5.75 Å². The van der Waals surface area contributed by atoms with E-state index in [0.717, 1.165) is 38.8 Å². The number of ether oxygens (including phenoxy) is 1. The second kappa shape index (κ2) is 5.02. The van der Waals surface area contributed by atoms with Crippen LogP contribution in [0.4, 0.5) is 0 Å². The molecule has 0 saturated heterocycles. The van der Waals surface area contributed by atoms with E-state index in [4.69, 9.17) is 10.1 Å². The van der Waals surface area contributed by atoms with Crippen molar-refractivity contribution in [2.24, 2.45) is 7.05 Å². The van der Waals surface area contributed by atoms with Crippen molar-refractivity contribution in [3.63, 3.8) is 0 Å². The van der Waals surface area contributed by atoms with Gasteiger partial charge < -0.3 is 14.3 Å². The predicted octanol–water partition coefficient (Wildman–Crippen LogP) is 4.08. The molecule has 2 aromatic heterocycles. The van der Waals surface area contributed by atoms with Crippen LogP contribution in [0.25, 0.3) is 21.8 Å². The highest BCUT2D eigenvalue weighted by Gasteiger charge is 2.13. The zero-order valence-corrected chi connectivity index (χ0v) is 13.1. The van der Waals surface area contributed by atoms with Gasteiger partial charge in [-0.15, -0.1) is 0 Å². The first-order valence-corrected chi connectivity index (χ1v) is 7.47. The summed E-state index contributed by atoms with van der Waals surface area (Å²) in [4.78, 5) is 3.18. The summed E-state index contributed by atoms with van der Waals surface area (Å²) >= 11 is 0. The van der Waals surface area contributed by atoms with E-state index < -0.39 is 0 Å². The summed E-state index contributed by atoms with van der Waals surface area (Å²) in [6.07, 6.45) is 1.92. The number of aromatic nitrogens is 2. The third kappa shape index (κ3) is 2.11. The second-order valence-corrected chi connectivity index (χ2v) is 5.67. The maximum Gasteiger partial charge on any atom is 0.119 e. The van der Waals surface area contributed by atoms with Gasteiger partial charge in [-0.3, -0.25) is 5.41 Å². The van der Waals surface area contributed by atoms with Crippen LogP contribution >= 0.6 is 0 Å². The Morgan fingerprint density at radius 2 is 1.91 bits per heavy atom. The van der Waals surface area contributed by atoms with E-state index in [1.54, 1.807) is 7.11 Å². The Hall–Kier alpha value is -3.01. The van der Waals surface area contributed by atoms with E-state index in [2.05, 4.69) is 9.55 Å². The van der Waals surface area contributed by atoms with Crippen LogP contribution in [-0.2, 0) is 7.05 Å². The van der Waals surface area contributed by atoms with Gasteiger partial charge in [0.25, 0.3) is 0 Å². The predicted molar refractivity (Wildman–Crippen MR) is 93.7 cm³/mol. The van der Waals surface area contributed by atoms with Crippen LogP contribution < -0.4 is 4.74 Å². The van der Waals surface area contributed by atoms with Crippen LogP contribution in [0.2, 0.25) is 0 Å². The number of nitrogens with zero attached hydrogens (tertiary/aromatic N) is 1. The summed E-state index contributed by atoms with van der Waals surface area (Å²) in [5.74, 6) is 0.829. The molecular formula is C19H17N3O. The summed E-state index contributed by atoms with van der Waals surface area (Å²) < 4.78 is 7.34. The van der Waals surface area contributed by atoms with E-state index in [1.807, 2.05) is 61.8 Å². The molecule has 0 saturated carbocycles. The number of H-pyrrole nitrogens is 1. The number of hydrogen-bond acceptors (Lipinski definition) is 2. The van der Waals surface area contributed by atoms with E-state index in [0.29, 0.717) is 5.71 Å². The SMILES string of the molecule is COc1ccc2c(c1)cc(C(=N)c1ccc3[nH]ccc3c1)n2C. The molecule has 4 heteroatoms. The number of aryl methyl sites for hydroxylation is 1. The van der Waals surface area contributed by atoms with Crippen molar-refractivity contribution in [2.75, 3.05) is 7.11 Å². The van der Waals surface area contributed by atoms with Gasteiger partial charge in [-0.25, -0.2) is 0 Å². The Kier molecular flexibility index (Phi) is 2.98. The van der Waals surface area contributed by atoms with Gasteiger partial charge in [0.1, 0.15) is 5.75 Å². The van der Waals surface area contributed by atoms with Crippen molar-refractivity contribution < 1.29 is 4.74 Å². The Morgan fingerprint density at radius 1 is 1.04 bits per heavy atom. The van der Waals surface area contributed by atoms with Gasteiger partial charge in [0.05, 0.1) is 18.5 Å². The zero-order valence-electron chi connectivity index (χ0n) is 13.1. The van der Waals surface area contributed by atoms with Crippen molar-refractivity contribution >= 4 is 27.5 Å². The molecule has 2 aromatic carbocycles. The van der Waals surface area contributed by atoms with Crippen LogP contribution in [-0.4, -0.2) is 22.4 Å². The highest BCUT2D eigenvalue weighted by Crippen LogP contribution is 2.26. The van der Waals surface area contributed by atoms with Crippen molar-refractivity contribution in [1.29, 1.82) is 5.41 Å². The molecule has 0 aliphatic carbocycles. The number of methoxy groups -OCH3 is 1. The highest BCUT2D eigenvalue weighted by molar-refractivity contribution is 6.13. The van der Waals surface area contributed by atoms with Crippen molar-refractivity contribution in [1.82, 2.24) is 9.55 Å². The van der Waals surface area contributed by atoms with E-state index >= 15 is 0 Å². The number of fused-ring (bicyclic) bond motifs is 2. The van der Waals surface area contributed by atoms with Gasteiger partial charge in [-0.1, -0.05) is 6.07 Å². The standard InChI is InChI=1S/C19H17N3O/c1-22-17-6-4-15(23-2)10-14(17)11-18(22)19(20)13-3-5-16-12(9-13)7-8-21-16/h3-11,20-21H,1-2H3. The second-order valence-electron chi connectivity index (χ2n) is 5.67. The fraction of sp³-hybridized carbons (Fsp3) is 0.105. The molecule has 0 fully saturated rings. The Balaban J connectivity index is 1.83. The third-order valence-electron chi connectivity index (χ3n) is 4.35. The van der Waals surface area contributed by atoms with Crippen molar-refractivity contribution in [2.45, 2.75) is 0 Å². The Bertz CT molecular complexity index is 1040. The molecule has 2 heterocycles. The van der Waals surface area contributed by atoms with Crippen molar-refractivity contribution in [3.05, 3.63) is 66.0 Å². The Labute approximate surface area is 133 Å². The lowest BCUT2D eigenvalue weighted by molar-refractivity contribution is 0.415. The molecule has 0 amide bonds. The van der Waals surface area contributed by atoms with Gasteiger partial charge in [0.15, 0.2) is 0 Å². The molecular weight excluding hydrogens is 286 g/mol. The minimum Gasteiger partial charge on any atom is -0.497 e. The van der Waals surface area contributed by atoms with Crippen LogP contribution in [0.15, 0.2) is 54.7 Å². The topological polar surface area (TPSA) is 53.8 Å². The molecule has 2 N–H and O–H groups in total. The molecule has 4 aromatic rings. The summed E-state index contributed by atoms with van der Waals surface area (Å²) in [5, 5.41) is 10.8. The summed E-state index contributed by atoms with van der Waals surface area (Å²) in [6, 6.07) is 16.1. The maximum absolute atomic E-state index is 8.61. The normalized spacial score (nSPS) is 11.2. The summed E-state index contributed by atoms with van der Waals surface area (Å²) in [6.45, 7) is 0. The van der Waals surface area contributed by atoms with Crippen LogP contribution in [0.5, 0.6) is 5.75 Å². The molecule has 4 nitrogen and oxygen atoms in total. The molecule has 0 unspecified atom stereocenters. The number of hydrogen-bond donors (Lipinski definition) is 2.